The third kappa shape index (κ3) is 5.24. The number of aryl methyl sites for hydroxylation is 1. The minimum Gasteiger partial charge on any atom is -0.488 e. The number of pyridine rings is 1. The molecule has 3 aromatic rings. The summed E-state index contributed by atoms with van der Waals surface area (Å²) in [6.07, 6.45) is -1.30. The Morgan fingerprint density at radius 1 is 1.19 bits per heavy atom. The predicted molar refractivity (Wildman–Crippen MR) is 131 cm³/mol. The van der Waals surface area contributed by atoms with E-state index in [2.05, 4.69) is 25.2 Å². The zero-order valence-electron chi connectivity index (χ0n) is 20.5. The van der Waals surface area contributed by atoms with Crippen LogP contribution in [0.3, 0.4) is 0 Å². The van der Waals surface area contributed by atoms with Gasteiger partial charge in [0.25, 0.3) is 17.4 Å². The van der Waals surface area contributed by atoms with Crippen molar-refractivity contribution in [3.63, 3.8) is 0 Å². The number of halogens is 3. The van der Waals surface area contributed by atoms with Crippen molar-refractivity contribution in [2.75, 3.05) is 38.1 Å². The zero-order chi connectivity index (χ0) is 26.3. The Balaban J connectivity index is 1.30. The number of carbonyl (C=O) groups excluding carboxylic acids is 1. The maximum absolute atomic E-state index is 14.6. The fourth-order valence-electron chi connectivity index (χ4n) is 4.68. The van der Waals surface area contributed by atoms with E-state index in [9.17, 15) is 22.8 Å². The van der Waals surface area contributed by atoms with Crippen LogP contribution in [-0.4, -0.2) is 71.0 Å². The highest BCUT2D eigenvalue weighted by Gasteiger charge is 2.47. The van der Waals surface area contributed by atoms with E-state index in [1.54, 1.807) is 19.1 Å². The molecule has 1 aliphatic heterocycles. The molecule has 196 valence electrons. The maximum Gasteiger partial charge on any atom is 0.269 e. The summed E-state index contributed by atoms with van der Waals surface area (Å²) in [6, 6.07) is 6.66. The predicted octanol–water partition coefficient (Wildman–Crippen LogP) is 2.62. The van der Waals surface area contributed by atoms with Gasteiger partial charge in [-0.15, -0.1) is 0 Å². The Morgan fingerprint density at radius 3 is 2.57 bits per heavy atom. The highest BCUT2D eigenvalue weighted by Crippen LogP contribution is 2.41. The summed E-state index contributed by atoms with van der Waals surface area (Å²) < 4.78 is 47.2. The van der Waals surface area contributed by atoms with Crippen molar-refractivity contribution in [1.82, 2.24) is 25.2 Å². The first kappa shape index (κ1) is 25.0. The van der Waals surface area contributed by atoms with Crippen LogP contribution in [0.15, 0.2) is 29.1 Å². The van der Waals surface area contributed by atoms with Gasteiger partial charge in [0.15, 0.2) is 0 Å². The van der Waals surface area contributed by atoms with Gasteiger partial charge < -0.3 is 19.9 Å². The van der Waals surface area contributed by atoms with Crippen LogP contribution < -0.4 is 20.5 Å². The number of H-pyrrole nitrogens is 1. The molecule has 2 fully saturated rings. The number of aromatic amines is 1. The molecule has 1 aliphatic carbocycles. The first-order chi connectivity index (χ1) is 17.6. The van der Waals surface area contributed by atoms with Crippen LogP contribution >= 0.6 is 0 Å². The Labute approximate surface area is 210 Å². The normalized spacial score (nSPS) is 18.0. The van der Waals surface area contributed by atoms with Crippen molar-refractivity contribution < 1.29 is 22.7 Å². The molecule has 0 radical (unpaired) electrons. The molecule has 2 aromatic heterocycles. The van der Waals surface area contributed by atoms with Crippen molar-refractivity contribution in [1.29, 1.82) is 0 Å². The lowest BCUT2D eigenvalue weighted by molar-refractivity contribution is -0.134. The van der Waals surface area contributed by atoms with Crippen LogP contribution in [0, 0.1) is 12.9 Å². The second kappa shape index (κ2) is 9.66. The minimum absolute atomic E-state index is 0.0186. The SMILES string of the molecule is CNC(=O)c1ccc(N2CCN(Cc3cc(OC4CC(F)(F)C4)c4nc(C)c(=O)[nH]c4c3)CC2)c(F)n1. The summed E-state index contributed by atoms with van der Waals surface area (Å²) in [5.41, 5.74) is 2.06. The molecule has 0 spiro atoms. The summed E-state index contributed by atoms with van der Waals surface area (Å²) >= 11 is 0. The van der Waals surface area contributed by atoms with Crippen molar-refractivity contribution >= 4 is 22.6 Å². The molecule has 12 heteroatoms. The average Bonchev–Trinajstić information content (AvgIpc) is 2.84. The lowest BCUT2D eigenvalue weighted by Crippen LogP contribution is -2.46. The molecule has 1 aromatic carbocycles. The quantitative estimate of drug-likeness (QED) is 0.486. The standard InChI is InChI=1S/C25H27F3N6O3/c1-14-23(35)32-18-9-15(10-20(21(18)30-14)37-16-11-25(27,28)12-16)13-33-5-7-34(8-6-33)19-4-3-17(24(36)29-2)31-22(19)26/h3-4,9-10,16H,5-8,11-13H2,1-2H3,(H,29,36)(H,32,35). The van der Waals surface area contributed by atoms with Gasteiger partial charge >= 0.3 is 0 Å². The lowest BCUT2D eigenvalue weighted by Gasteiger charge is -2.36. The van der Waals surface area contributed by atoms with Crippen molar-refractivity contribution in [3.8, 4) is 5.75 Å². The molecule has 0 bridgehead atoms. The number of rotatable bonds is 6. The Hall–Kier alpha value is -3.67. The second-order valence-corrected chi connectivity index (χ2v) is 9.49. The van der Waals surface area contributed by atoms with Crippen molar-refractivity contribution in [3.05, 3.63) is 57.5 Å². The number of piperazine rings is 1. The van der Waals surface area contributed by atoms with E-state index in [0.29, 0.717) is 55.2 Å². The summed E-state index contributed by atoms with van der Waals surface area (Å²) in [6.45, 7) is 4.45. The summed E-state index contributed by atoms with van der Waals surface area (Å²) in [4.78, 5) is 38.8. The molecule has 1 saturated carbocycles. The highest BCUT2D eigenvalue weighted by molar-refractivity contribution is 5.92. The van der Waals surface area contributed by atoms with Gasteiger partial charge in [-0.05, 0) is 36.8 Å². The Bertz CT molecular complexity index is 1400. The third-order valence-electron chi connectivity index (χ3n) is 6.75. The van der Waals surface area contributed by atoms with E-state index in [-0.39, 0.29) is 29.8 Å². The zero-order valence-corrected chi connectivity index (χ0v) is 20.5. The van der Waals surface area contributed by atoms with Crippen LogP contribution in [0.5, 0.6) is 5.75 Å². The first-order valence-corrected chi connectivity index (χ1v) is 12.1. The van der Waals surface area contributed by atoms with Crippen molar-refractivity contribution in [2.24, 2.45) is 0 Å². The fraction of sp³-hybridized carbons (Fsp3) is 0.440. The number of hydrogen-bond donors (Lipinski definition) is 2. The Morgan fingerprint density at radius 2 is 1.92 bits per heavy atom. The lowest BCUT2D eigenvalue weighted by atomic mass is 9.91. The van der Waals surface area contributed by atoms with Crippen LogP contribution in [-0.2, 0) is 6.54 Å². The molecule has 5 rings (SSSR count). The highest BCUT2D eigenvalue weighted by atomic mass is 19.3. The largest absolute Gasteiger partial charge is 0.488 e. The monoisotopic (exact) mass is 516 g/mol. The average molecular weight is 517 g/mol. The van der Waals surface area contributed by atoms with Gasteiger partial charge in [0.1, 0.15) is 28.8 Å². The number of amides is 1. The number of carbonyl (C=O) groups is 1. The Kier molecular flexibility index (Phi) is 6.52. The molecule has 3 heterocycles. The van der Waals surface area contributed by atoms with Crippen LogP contribution in [0.25, 0.3) is 11.0 Å². The number of nitrogens with one attached hydrogen (secondary N) is 2. The maximum atomic E-state index is 14.6. The van der Waals surface area contributed by atoms with E-state index >= 15 is 0 Å². The molecule has 1 saturated heterocycles. The molecule has 9 nitrogen and oxygen atoms in total. The number of aromatic nitrogens is 3. The molecule has 37 heavy (non-hydrogen) atoms. The topological polar surface area (TPSA) is 103 Å². The van der Waals surface area contributed by atoms with Crippen LogP contribution in [0.2, 0.25) is 0 Å². The van der Waals surface area contributed by atoms with E-state index in [1.165, 1.54) is 13.1 Å². The summed E-state index contributed by atoms with van der Waals surface area (Å²) in [7, 11) is 1.46. The molecule has 1 amide bonds. The molecule has 0 unspecified atom stereocenters. The van der Waals surface area contributed by atoms with Crippen LogP contribution in [0.1, 0.15) is 34.6 Å². The van der Waals surface area contributed by atoms with Gasteiger partial charge in [-0.25, -0.2) is 18.7 Å². The number of ether oxygens (including phenoxy) is 1. The number of benzene rings is 1. The van der Waals surface area contributed by atoms with Crippen molar-refractivity contribution in [2.45, 2.75) is 38.3 Å². The number of alkyl halides is 2. The fourth-order valence-corrected chi connectivity index (χ4v) is 4.68. The molecular weight excluding hydrogens is 489 g/mol. The van der Waals surface area contributed by atoms with E-state index in [0.717, 1.165) is 5.56 Å². The summed E-state index contributed by atoms with van der Waals surface area (Å²) in [5, 5.41) is 2.42. The number of fused-ring (bicyclic) bond motifs is 1. The molecule has 2 aliphatic rings. The van der Waals surface area contributed by atoms with Gasteiger partial charge in [-0.3, -0.25) is 14.5 Å². The van der Waals surface area contributed by atoms with Gasteiger partial charge in [-0.1, -0.05) is 0 Å². The number of hydrogen-bond acceptors (Lipinski definition) is 7. The van der Waals surface area contributed by atoms with E-state index in [4.69, 9.17) is 4.74 Å². The number of nitrogens with zero attached hydrogens (tertiary/aromatic N) is 4. The summed E-state index contributed by atoms with van der Waals surface area (Å²) in [5.74, 6) is -3.49. The molecular formula is C25H27F3N6O3. The molecule has 0 atom stereocenters. The minimum atomic E-state index is -2.72. The first-order valence-electron chi connectivity index (χ1n) is 12.1. The van der Waals surface area contributed by atoms with Gasteiger partial charge in [-0.2, -0.15) is 4.39 Å². The van der Waals surface area contributed by atoms with E-state index in [1.807, 2.05) is 11.0 Å². The van der Waals surface area contributed by atoms with Gasteiger partial charge in [0.05, 0.1) is 11.2 Å². The molecule has 2 N–H and O–H groups in total. The second-order valence-electron chi connectivity index (χ2n) is 9.49. The smallest absolute Gasteiger partial charge is 0.269 e. The third-order valence-corrected chi connectivity index (χ3v) is 6.75. The van der Waals surface area contributed by atoms with Crippen LogP contribution in [0.4, 0.5) is 18.9 Å². The number of anilines is 1. The van der Waals surface area contributed by atoms with Gasteiger partial charge in [0, 0.05) is 52.6 Å². The van der Waals surface area contributed by atoms with E-state index < -0.39 is 23.9 Å². The van der Waals surface area contributed by atoms with Gasteiger partial charge in [0.2, 0.25) is 5.95 Å².